The van der Waals surface area contributed by atoms with Gasteiger partial charge in [0.1, 0.15) is 11.6 Å². The number of nitrogen functional groups attached to an aromatic ring is 1. The minimum absolute atomic E-state index is 0.209. The number of hydrogen-bond acceptors (Lipinski definition) is 2. The first kappa shape index (κ1) is 13.9. The third kappa shape index (κ3) is 3.51. The number of carbonyl (C=O) groups is 1. The van der Waals surface area contributed by atoms with E-state index in [1.165, 1.54) is 12.1 Å². The second-order valence-electron chi connectivity index (χ2n) is 4.34. The van der Waals surface area contributed by atoms with Crippen LogP contribution in [0, 0.1) is 11.6 Å². The first-order valence-electron chi connectivity index (χ1n) is 6.05. The standard InChI is InChI=1S/C16H13F2NO/c17-15-2-1-3-16(18)14(15)10-13(20)9-6-11-4-7-12(19)8-5-11/h1-9H,10,19H2/b9-6+. The lowest BCUT2D eigenvalue weighted by Crippen LogP contribution is -2.03. The van der Waals surface area contributed by atoms with E-state index in [-0.39, 0.29) is 17.8 Å². The van der Waals surface area contributed by atoms with Gasteiger partial charge in [-0.15, -0.1) is 0 Å². The van der Waals surface area contributed by atoms with Crippen molar-refractivity contribution in [3.63, 3.8) is 0 Å². The van der Waals surface area contributed by atoms with E-state index >= 15 is 0 Å². The van der Waals surface area contributed by atoms with Gasteiger partial charge in [0.15, 0.2) is 5.78 Å². The Kier molecular flexibility index (Phi) is 4.25. The Hall–Kier alpha value is -2.49. The van der Waals surface area contributed by atoms with Gasteiger partial charge in [0.25, 0.3) is 0 Å². The highest BCUT2D eigenvalue weighted by Crippen LogP contribution is 2.14. The van der Waals surface area contributed by atoms with E-state index in [2.05, 4.69) is 0 Å². The molecule has 0 saturated heterocycles. The van der Waals surface area contributed by atoms with E-state index in [1.54, 1.807) is 30.3 Å². The van der Waals surface area contributed by atoms with Gasteiger partial charge in [-0.2, -0.15) is 0 Å². The molecule has 102 valence electrons. The average Bonchev–Trinajstić information content (AvgIpc) is 2.42. The van der Waals surface area contributed by atoms with E-state index in [9.17, 15) is 13.6 Å². The van der Waals surface area contributed by atoms with Crippen LogP contribution in [-0.2, 0) is 11.2 Å². The van der Waals surface area contributed by atoms with Crippen LogP contribution >= 0.6 is 0 Å². The van der Waals surface area contributed by atoms with E-state index in [4.69, 9.17) is 5.73 Å². The zero-order valence-electron chi connectivity index (χ0n) is 10.6. The van der Waals surface area contributed by atoms with Crippen LogP contribution in [-0.4, -0.2) is 5.78 Å². The fourth-order valence-electron chi connectivity index (χ4n) is 1.73. The number of nitrogens with two attached hydrogens (primary N) is 1. The number of carbonyl (C=O) groups excluding carboxylic acids is 1. The van der Waals surface area contributed by atoms with Crippen molar-refractivity contribution in [3.05, 3.63) is 71.3 Å². The molecule has 2 aromatic rings. The van der Waals surface area contributed by atoms with Gasteiger partial charge in [-0.25, -0.2) is 8.78 Å². The van der Waals surface area contributed by atoms with Gasteiger partial charge in [0.05, 0.1) is 0 Å². The van der Waals surface area contributed by atoms with E-state index in [0.29, 0.717) is 5.69 Å². The van der Waals surface area contributed by atoms with Crippen molar-refractivity contribution >= 4 is 17.5 Å². The second-order valence-corrected chi connectivity index (χ2v) is 4.34. The molecule has 0 aromatic heterocycles. The van der Waals surface area contributed by atoms with Crippen molar-refractivity contribution in [2.75, 3.05) is 5.73 Å². The van der Waals surface area contributed by atoms with Crippen LogP contribution in [0.4, 0.5) is 14.5 Å². The van der Waals surface area contributed by atoms with Crippen molar-refractivity contribution < 1.29 is 13.6 Å². The lowest BCUT2D eigenvalue weighted by molar-refractivity contribution is -0.114. The smallest absolute Gasteiger partial charge is 0.160 e. The molecule has 0 atom stereocenters. The van der Waals surface area contributed by atoms with Gasteiger partial charge >= 0.3 is 0 Å². The van der Waals surface area contributed by atoms with Crippen LogP contribution in [0.25, 0.3) is 6.08 Å². The summed E-state index contributed by atoms with van der Waals surface area (Å²) in [7, 11) is 0. The summed E-state index contributed by atoms with van der Waals surface area (Å²) in [5.41, 5.74) is 6.75. The molecule has 20 heavy (non-hydrogen) atoms. The Labute approximate surface area is 115 Å². The van der Waals surface area contributed by atoms with Crippen LogP contribution in [0.2, 0.25) is 0 Å². The fourth-order valence-corrected chi connectivity index (χ4v) is 1.73. The van der Waals surface area contributed by atoms with Gasteiger partial charge in [-0.3, -0.25) is 4.79 Å². The van der Waals surface area contributed by atoms with Crippen molar-refractivity contribution in [2.24, 2.45) is 0 Å². The van der Waals surface area contributed by atoms with Crippen LogP contribution in [0.3, 0.4) is 0 Å². The molecule has 0 spiro atoms. The monoisotopic (exact) mass is 273 g/mol. The van der Waals surface area contributed by atoms with Crippen molar-refractivity contribution in [1.82, 2.24) is 0 Å². The van der Waals surface area contributed by atoms with Crippen LogP contribution in [0.1, 0.15) is 11.1 Å². The highest BCUT2D eigenvalue weighted by Gasteiger charge is 2.10. The summed E-state index contributed by atoms with van der Waals surface area (Å²) in [6, 6.07) is 10.5. The van der Waals surface area contributed by atoms with Gasteiger partial charge in [0.2, 0.25) is 0 Å². The highest BCUT2D eigenvalue weighted by atomic mass is 19.1. The zero-order chi connectivity index (χ0) is 14.5. The lowest BCUT2D eigenvalue weighted by Gasteiger charge is -2.01. The number of rotatable bonds is 4. The molecule has 0 aliphatic rings. The number of benzene rings is 2. The van der Waals surface area contributed by atoms with Gasteiger partial charge in [-0.1, -0.05) is 24.3 Å². The van der Waals surface area contributed by atoms with E-state index in [0.717, 1.165) is 17.7 Å². The number of ketones is 1. The Morgan fingerprint density at radius 1 is 1.05 bits per heavy atom. The Bertz CT molecular complexity index is 628. The molecule has 2 N–H and O–H groups in total. The molecule has 0 heterocycles. The highest BCUT2D eigenvalue weighted by molar-refractivity contribution is 5.95. The number of hydrogen-bond donors (Lipinski definition) is 1. The van der Waals surface area contributed by atoms with Crippen LogP contribution in [0.15, 0.2) is 48.5 Å². The summed E-state index contributed by atoms with van der Waals surface area (Å²) in [4.78, 5) is 11.7. The molecule has 0 aliphatic carbocycles. The Balaban J connectivity index is 2.07. The molecular weight excluding hydrogens is 260 g/mol. The molecule has 2 nitrogen and oxygen atoms in total. The topological polar surface area (TPSA) is 43.1 Å². The van der Waals surface area contributed by atoms with Crippen molar-refractivity contribution in [3.8, 4) is 0 Å². The fraction of sp³-hybridized carbons (Fsp3) is 0.0625. The summed E-state index contributed by atoms with van der Waals surface area (Å²) < 4.78 is 26.8. The van der Waals surface area contributed by atoms with Gasteiger partial charge in [0, 0.05) is 17.7 Å². The molecule has 2 rings (SSSR count). The molecular formula is C16H13F2NO. The van der Waals surface area contributed by atoms with Crippen molar-refractivity contribution in [1.29, 1.82) is 0 Å². The molecule has 0 saturated carbocycles. The molecule has 0 radical (unpaired) electrons. The molecule has 4 heteroatoms. The first-order chi connectivity index (χ1) is 9.56. The maximum absolute atomic E-state index is 13.4. The largest absolute Gasteiger partial charge is 0.399 e. The van der Waals surface area contributed by atoms with E-state index in [1.807, 2.05) is 0 Å². The summed E-state index contributed by atoms with van der Waals surface area (Å²) >= 11 is 0. The Morgan fingerprint density at radius 2 is 1.65 bits per heavy atom. The van der Waals surface area contributed by atoms with E-state index < -0.39 is 11.6 Å². The number of allylic oxidation sites excluding steroid dienone is 1. The predicted molar refractivity (Wildman–Crippen MR) is 75.0 cm³/mol. The quantitative estimate of drug-likeness (QED) is 0.685. The molecule has 2 aromatic carbocycles. The summed E-state index contributed by atoms with van der Waals surface area (Å²) in [5.74, 6) is -1.79. The molecule has 0 bridgehead atoms. The minimum atomic E-state index is -0.709. The van der Waals surface area contributed by atoms with Crippen molar-refractivity contribution in [2.45, 2.75) is 6.42 Å². The maximum atomic E-state index is 13.4. The zero-order valence-corrected chi connectivity index (χ0v) is 10.6. The first-order valence-corrected chi connectivity index (χ1v) is 6.05. The normalized spacial score (nSPS) is 10.9. The molecule has 0 unspecified atom stereocenters. The predicted octanol–water partition coefficient (Wildman–Crippen LogP) is 3.37. The minimum Gasteiger partial charge on any atom is -0.399 e. The van der Waals surface area contributed by atoms with Gasteiger partial charge < -0.3 is 5.73 Å². The van der Waals surface area contributed by atoms with Crippen LogP contribution < -0.4 is 5.73 Å². The van der Waals surface area contributed by atoms with Crippen LogP contribution in [0.5, 0.6) is 0 Å². The average molecular weight is 273 g/mol. The third-order valence-corrected chi connectivity index (χ3v) is 2.81. The molecule has 0 aliphatic heterocycles. The number of anilines is 1. The number of halogens is 2. The third-order valence-electron chi connectivity index (χ3n) is 2.81. The molecule has 0 amide bonds. The summed E-state index contributed by atoms with van der Waals surface area (Å²) in [6.07, 6.45) is 2.59. The Morgan fingerprint density at radius 3 is 2.25 bits per heavy atom. The second kappa shape index (κ2) is 6.10. The molecule has 0 fully saturated rings. The van der Waals surface area contributed by atoms with Gasteiger partial charge in [-0.05, 0) is 35.9 Å². The lowest BCUT2D eigenvalue weighted by atomic mass is 10.1. The maximum Gasteiger partial charge on any atom is 0.160 e. The summed E-state index contributed by atoms with van der Waals surface area (Å²) in [5, 5.41) is 0. The summed E-state index contributed by atoms with van der Waals surface area (Å²) in [6.45, 7) is 0. The SMILES string of the molecule is Nc1ccc(/C=C/C(=O)Cc2c(F)cccc2F)cc1.